The first kappa shape index (κ1) is 35.4. The van der Waals surface area contributed by atoms with Crippen molar-refractivity contribution < 1.29 is 14.6 Å². The van der Waals surface area contributed by atoms with Crippen LogP contribution in [0.2, 0.25) is 0 Å². The molecule has 0 heterocycles. The fourth-order valence-corrected chi connectivity index (χ4v) is 4.81. The molecule has 0 aromatic carbocycles. The van der Waals surface area contributed by atoms with Gasteiger partial charge in [-0.25, -0.2) is 0 Å². The predicted molar refractivity (Wildman–Crippen MR) is 157 cm³/mol. The summed E-state index contributed by atoms with van der Waals surface area (Å²) in [6.45, 7) is 5.60. The minimum absolute atomic E-state index is 0.0311. The summed E-state index contributed by atoms with van der Waals surface area (Å²) >= 11 is 0. The van der Waals surface area contributed by atoms with Gasteiger partial charge in [-0.3, -0.25) is 4.79 Å². The summed E-state index contributed by atoms with van der Waals surface area (Å²) in [5, 5.41) is 12.5. The molecule has 0 bridgehead atoms. The third-order valence-electron chi connectivity index (χ3n) is 7.34. The first-order valence-electron chi connectivity index (χ1n) is 16.2. The lowest BCUT2D eigenvalue weighted by atomic mass is 10.0. The molecule has 0 aliphatic carbocycles. The molecule has 1 atom stereocenters. The van der Waals surface area contributed by atoms with Gasteiger partial charge in [0.05, 0.1) is 12.7 Å². The van der Waals surface area contributed by atoms with Crippen LogP contribution in [0.5, 0.6) is 0 Å². The third kappa shape index (κ3) is 28.0. The molecule has 4 nitrogen and oxygen atoms in total. The lowest BCUT2D eigenvalue weighted by molar-refractivity contribution is -0.122. The number of nitrogens with one attached hydrogen (secondary N) is 1. The Bertz CT molecular complexity index is 430. The second-order valence-corrected chi connectivity index (χ2v) is 11.0. The highest BCUT2D eigenvalue weighted by molar-refractivity contribution is 5.75. The molecule has 0 aliphatic rings. The van der Waals surface area contributed by atoms with Gasteiger partial charge in [0, 0.05) is 19.6 Å². The maximum atomic E-state index is 12.1. The number of carbonyl (C=O) groups excluding carboxylic acids is 1. The van der Waals surface area contributed by atoms with E-state index in [0.717, 1.165) is 19.3 Å². The van der Waals surface area contributed by atoms with Gasteiger partial charge >= 0.3 is 0 Å². The highest BCUT2D eigenvalue weighted by Crippen LogP contribution is 2.14. The summed E-state index contributed by atoms with van der Waals surface area (Å²) in [5.74, 6) is 0.0924. The average molecular weight is 512 g/mol. The molecule has 1 unspecified atom stereocenters. The number of amides is 1. The number of rotatable bonds is 30. The van der Waals surface area contributed by atoms with Gasteiger partial charge in [0.25, 0.3) is 0 Å². The van der Waals surface area contributed by atoms with E-state index in [-0.39, 0.29) is 18.6 Å². The second kappa shape index (κ2) is 30.6. The fraction of sp³-hybridized carbons (Fsp3) is 0.969. The van der Waals surface area contributed by atoms with Crippen molar-refractivity contribution in [2.24, 2.45) is 0 Å². The quantitative estimate of drug-likeness (QED) is 0.0944. The SMILES string of the molecule is CCCCCCCCCCCCCCCCCC(=O)NCC(CO)OCCCCCCCCCCC. The minimum Gasteiger partial charge on any atom is -0.394 e. The van der Waals surface area contributed by atoms with E-state index >= 15 is 0 Å². The van der Waals surface area contributed by atoms with E-state index in [1.807, 2.05) is 0 Å². The average Bonchev–Trinajstić information content (AvgIpc) is 2.89. The van der Waals surface area contributed by atoms with Crippen LogP contribution in [0.4, 0.5) is 0 Å². The van der Waals surface area contributed by atoms with Crippen LogP contribution >= 0.6 is 0 Å². The van der Waals surface area contributed by atoms with Gasteiger partial charge in [0.2, 0.25) is 5.91 Å². The zero-order chi connectivity index (χ0) is 26.4. The van der Waals surface area contributed by atoms with Crippen molar-refractivity contribution in [3.63, 3.8) is 0 Å². The standard InChI is InChI=1S/C32H65NO3/c1-3-5-7-9-11-13-14-15-16-17-18-19-21-23-25-27-32(35)33-29-31(30-34)36-28-26-24-22-20-12-10-8-6-4-2/h31,34H,3-30H2,1-2H3,(H,33,35). The molecule has 0 fully saturated rings. The van der Waals surface area contributed by atoms with Gasteiger partial charge in [-0.05, 0) is 12.8 Å². The van der Waals surface area contributed by atoms with Crippen molar-refractivity contribution in [1.82, 2.24) is 5.32 Å². The van der Waals surface area contributed by atoms with Crippen LogP contribution in [-0.4, -0.2) is 36.9 Å². The van der Waals surface area contributed by atoms with E-state index in [2.05, 4.69) is 19.2 Å². The smallest absolute Gasteiger partial charge is 0.220 e. The molecule has 2 N–H and O–H groups in total. The van der Waals surface area contributed by atoms with E-state index in [4.69, 9.17) is 4.74 Å². The van der Waals surface area contributed by atoms with Crippen molar-refractivity contribution in [2.75, 3.05) is 19.8 Å². The summed E-state index contributed by atoms with van der Waals surface area (Å²) in [4.78, 5) is 12.1. The Balaban J connectivity index is 3.38. The molecule has 0 aliphatic heterocycles. The molecule has 216 valence electrons. The van der Waals surface area contributed by atoms with Crippen molar-refractivity contribution in [3.05, 3.63) is 0 Å². The number of hydrogen-bond acceptors (Lipinski definition) is 3. The Kier molecular flexibility index (Phi) is 30.1. The van der Waals surface area contributed by atoms with Gasteiger partial charge in [-0.1, -0.05) is 155 Å². The number of unbranched alkanes of at least 4 members (excludes halogenated alkanes) is 22. The van der Waals surface area contributed by atoms with Crippen LogP contribution in [0, 0.1) is 0 Å². The lowest BCUT2D eigenvalue weighted by Crippen LogP contribution is -2.35. The highest BCUT2D eigenvalue weighted by Gasteiger charge is 2.09. The molecular formula is C32H65NO3. The number of aliphatic hydroxyl groups excluding tert-OH is 1. The lowest BCUT2D eigenvalue weighted by Gasteiger charge is -2.16. The van der Waals surface area contributed by atoms with Crippen molar-refractivity contribution in [1.29, 1.82) is 0 Å². The summed E-state index contributed by atoms with van der Waals surface area (Å²) in [5.41, 5.74) is 0. The largest absolute Gasteiger partial charge is 0.394 e. The number of aliphatic hydroxyl groups is 1. The molecule has 0 saturated heterocycles. The van der Waals surface area contributed by atoms with Crippen LogP contribution in [0.15, 0.2) is 0 Å². The molecule has 0 radical (unpaired) electrons. The van der Waals surface area contributed by atoms with Crippen molar-refractivity contribution in [3.8, 4) is 0 Å². The Morgan fingerprint density at radius 1 is 0.583 bits per heavy atom. The maximum absolute atomic E-state index is 12.1. The molecule has 1 amide bonds. The Hall–Kier alpha value is -0.610. The van der Waals surface area contributed by atoms with Crippen LogP contribution in [0.1, 0.15) is 174 Å². The van der Waals surface area contributed by atoms with Gasteiger partial charge in [-0.15, -0.1) is 0 Å². The second-order valence-electron chi connectivity index (χ2n) is 11.0. The van der Waals surface area contributed by atoms with Crippen LogP contribution < -0.4 is 5.32 Å². The summed E-state index contributed by atoms with van der Waals surface area (Å²) < 4.78 is 5.77. The molecule has 36 heavy (non-hydrogen) atoms. The molecule has 4 heteroatoms. The Labute approximate surface area is 226 Å². The topological polar surface area (TPSA) is 58.6 Å². The van der Waals surface area contributed by atoms with E-state index in [9.17, 15) is 9.90 Å². The molecule has 0 saturated carbocycles. The Morgan fingerprint density at radius 3 is 1.33 bits per heavy atom. The minimum atomic E-state index is -0.274. The van der Waals surface area contributed by atoms with Crippen LogP contribution in [0.25, 0.3) is 0 Å². The van der Waals surface area contributed by atoms with Crippen molar-refractivity contribution >= 4 is 5.91 Å². The molecule has 0 spiro atoms. The predicted octanol–water partition coefficient (Wildman–Crippen LogP) is 9.27. The van der Waals surface area contributed by atoms with Gasteiger partial charge in [0.1, 0.15) is 0 Å². The maximum Gasteiger partial charge on any atom is 0.220 e. The molecule has 0 aromatic heterocycles. The number of ether oxygens (including phenoxy) is 1. The van der Waals surface area contributed by atoms with Crippen LogP contribution in [-0.2, 0) is 9.53 Å². The van der Waals surface area contributed by atoms with E-state index in [1.165, 1.54) is 135 Å². The normalized spacial score (nSPS) is 12.2. The molecular weight excluding hydrogens is 446 g/mol. The molecule has 0 rings (SSSR count). The monoisotopic (exact) mass is 511 g/mol. The Morgan fingerprint density at radius 2 is 0.944 bits per heavy atom. The first-order chi connectivity index (χ1) is 17.7. The van der Waals surface area contributed by atoms with E-state index in [1.54, 1.807) is 0 Å². The van der Waals surface area contributed by atoms with E-state index in [0.29, 0.717) is 19.6 Å². The fourth-order valence-electron chi connectivity index (χ4n) is 4.81. The first-order valence-corrected chi connectivity index (χ1v) is 16.2. The summed E-state index contributed by atoms with van der Waals surface area (Å²) in [6.07, 6.45) is 32.0. The number of hydrogen-bond donors (Lipinski definition) is 2. The molecule has 0 aromatic rings. The zero-order valence-electron chi connectivity index (χ0n) is 24.6. The number of carbonyl (C=O) groups is 1. The van der Waals surface area contributed by atoms with E-state index < -0.39 is 0 Å². The van der Waals surface area contributed by atoms with Crippen molar-refractivity contribution in [2.45, 2.75) is 180 Å². The highest BCUT2D eigenvalue weighted by atomic mass is 16.5. The van der Waals surface area contributed by atoms with Gasteiger partial charge in [0.15, 0.2) is 0 Å². The summed E-state index contributed by atoms with van der Waals surface area (Å²) in [6, 6.07) is 0. The van der Waals surface area contributed by atoms with Gasteiger partial charge < -0.3 is 15.2 Å². The van der Waals surface area contributed by atoms with Crippen LogP contribution in [0.3, 0.4) is 0 Å². The summed E-state index contributed by atoms with van der Waals surface area (Å²) in [7, 11) is 0. The third-order valence-corrected chi connectivity index (χ3v) is 7.34. The van der Waals surface area contributed by atoms with Gasteiger partial charge in [-0.2, -0.15) is 0 Å². The zero-order valence-corrected chi connectivity index (χ0v) is 24.6.